The molecule has 0 aliphatic carbocycles. The van der Waals surface area contributed by atoms with Gasteiger partial charge in [0.25, 0.3) is 0 Å². The van der Waals surface area contributed by atoms with Crippen LogP contribution in [0.2, 0.25) is 0 Å². The molecule has 5 atom stereocenters. The average molecular weight is 342 g/mol. The summed E-state index contributed by atoms with van der Waals surface area (Å²) in [6.45, 7) is 5.23. The summed E-state index contributed by atoms with van der Waals surface area (Å²) >= 11 is 0. The van der Waals surface area contributed by atoms with E-state index in [0.717, 1.165) is 6.42 Å². The van der Waals surface area contributed by atoms with Gasteiger partial charge in [-0.3, -0.25) is 14.3 Å². The van der Waals surface area contributed by atoms with Crippen LogP contribution in [0, 0.1) is 5.92 Å². The van der Waals surface area contributed by atoms with Crippen molar-refractivity contribution in [3.63, 3.8) is 0 Å². The van der Waals surface area contributed by atoms with Gasteiger partial charge >= 0.3 is 0 Å². The van der Waals surface area contributed by atoms with Gasteiger partial charge in [-0.25, -0.2) is 5.48 Å². The topological polar surface area (TPSA) is 60.0 Å². The molecule has 1 N–H and O–H groups in total. The molecule has 118 valence electrons. The van der Waals surface area contributed by atoms with Crippen LogP contribution < -0.4 is 5.48 Å². The van der Waals surface area contributed by atoms with E-state index in [4.69, 9.17) is 13.9 Å². The predicted octanol–water partition coefficient (Wildman–Crippen LogP) is 1.69. The minimum Gasteiger partial charge on any atom is -0.366 e. The molecular weight excluding hydrogens is 317 g/mol. The molecular formula is C11H25N2O4P3. The van der Waals surface area contributed by atoms with Crippen LogP contribution in [0.3, 0.4) is 0 Å². The van der Waals surface area contributed by atoms with Crippen LogP contribution in [0.1, 0.15) is 26.7 Å². The minimum absolute atomic E-state index is 0.0971. The number of likely N-dealkylation sites (N-methyl/N-ethyl adjacent to an activating group) is 1. The van der Waals surface area contributed by atoms with E-state index in [1.165, 1.54) is 0 Å². The Morgan fingerprint density at radius 2 is 2.35 bits per heavy atom. The standard InChI is InChI=1S/C11H25N2O4P3/c1-11(2)13(3)9(7-15-11)6-8(4-5-16-18)10(14)12-17-20-19/h8-9,20H,4-7,18-19H2,1-3H3,(H,12,14)/t8-,9-/m0/s1. The number of hydrogen-bond donors (Lipinski definition) is 1. The zero-order valence-corrected chi connectivity index (χ0v) is 15.5. The van der Waals surface area contributed by atoms with Crippen molar-refractivity contribution in [1.29, 1.82) is 0 Å². The molecule has 0 saturated carbocycles. The number of carbonyl (C=O) groups is 1. The number of hydroxylamine groups is 1. The first-order valence-electron chi connectivity index (χ1n) is 6.52. The van der Waals surface area contributed by atoms with Gasteiger partial charge in [0.15, 0.2) is 0 Å². The SMILES string of the molecule is CN1[C@@H](C[C@H](CCOP)C(=O)NOPP)COC1(C)C. The van der Waals surface area contributed by atoms with Crippen LogP contribution >= 0.6 is 26.9 Å². The fourth-order valence-electron chi connectivity index (χ4n) is 2.24. The van der Waals surface area contributed by atoms with E-state index >= 15 is 0 Å². The predicted molar refractivity (Wildman–Crippen MR) is 87.2 cm³/mol. The first-order chi connectivity index (χ1) is 9.42. The number of rotatable bonds is 8. The Bertz CT molecular complexity index is 320. The molecule has 0 aromatic heterocycles. The first kappa shape index (κ1) is 18.6. The van der Waals surface area contributed by atoms with Crippen LogP contribution in [-0.4, -0.2) is 42.8 Å². The Labute approximate surface area is 127 Å². The van der Waals surface area contributed by atoms with Crippen molar-refractivity contribution in [3.8, 4) is 0 Å². The summed E-state index contributed by atoms with van der Waals surface area (Å²) in [6.07, 6.45) is 1.38. The second-order valence-electron chi connectivity index (χ2n) is 5.30. The lowest BCUT2D eigenvalue weighted by atomic mass is 9.95. The zero-order chi connectivity index (χ0) is 15.2. The molecule has 6 nitrogen and oxygen atoms in total. The van der Waals surface area contributed by atoms with Crippen molar-refractivity contribution in [3.05, 3.63) is 0 Å². The summed E-state index contributed by atoms with van der Waals surface area (Å²) in [5.41, 5.74) is 2.20. The third-order valence-electron chi connectivity index (χ3n) is 3.75. The van der Waals surface area contributed by atoms with Crippen molar-refractivity contribution in [1.82, 2.24) is 10.4 Å². The largest absolute Gasteiger partial charge is 0.366 e. The molecule has 1 saturated heterocycles. The summed E-state index contributed by atoms with van der Waals surface area (Å²) in [5, 5.41) is 0. The minimum atomic E-state index is -0.277. The second kappa shape index (κ2) is 8.90. The molecule has 1 heterocycles. The fourth-order valence-corrected chi connectivity index (χ4v) is 2.71. The van der Waals surface area contributed by atoms with E-state index in [-0.39, 0.29) is 32.1 Å². The van der Waals surface area contributed by atoms with E-state index in [0.29, 0.717) is 19.6 Å². The highest BCUT2D eigenvalue weighted by molar-refractivity contribution is 8.00. The lowest BCUT2D eigenvalue weighted by Crippen LogP contribution is -2.42. The number of ether oxygens (including phenoxy) is 1. The lowest BCUT2D eigenvalue weighted by Gasteiger charge is -2.30. The Balaban J connectivity index is 2.58. The van der Waals surface area contributed by atoms with E-state index < -0.39 is 0 Å². The molecule has 0 spiro atoms. The molecule has 1 amide bonds. The van der Waals surface area contributed by atoms with E-state index in [1.807, 2.05) is 20.9 Å². The van der Waals surface area contributed by atoms with Gasteiger partial charge in [0, 0.05) is 21.4 Å². The Morgan fingerprint density at radius 3 is 2.85 bits per heavy atom. The summed E-state index contributed by atoms with van der Waals surface area (Å²) in [7, 11) is 6.82. The molecule has 20 heavy (non-hydrogen) atoms. The second-order valence-corrected chi connectivity index (χ2v) is 6.78. The molecule has 3 unspecified atom stereocenters. The molecule has 0 radical (unpaired) electrons. The zero-order valence-electron chi connectivity index (χ0n) is 12.2. The summed E-state index contributed by atoms with van der Waals surface area (Å²) < 4.78 is 15.8. The highest BCUT2D eigenvalue weighted by atomic mass is 32.0. The van der Waals surface area contributed by atoms with Crippen molar-refractivity contribution in [2.75, 3.05) is 20.3 Å². The Morgan fingerprint density at radius 1 is 1.65 bits per heavy atom. The molecule has 1 aliphatic rings. The normalized spacial score (nSPS) is 24.4. The van der Waals surface area contributed by atoms with Crippen LogP contribution in [-0.2, 0) is 18.7 Å². The fraction of sp³-hybridized carbons (Fsp3) is 0.909. The van der Waals surface area contributed by atoms with Gasteiger partial charge in [-0.1, -0.05) is 8.93 Å². The molecule has 0 aromatic carbocycles. The maximum absolute atomic E-state index is 12.1. The molecule has 9 heteroatoms. The smallest absolute Gasteiger partial charge is 0.247 e. The van der Waals surface area contributed by atoms with Gasteiger partial charge in [-0.15, -0.1) is 0 Å². The molecule has 0 bridgehead atoms. The van der Waals surface area contributed by atoms with E-state index in [9.17, 15) is 4.79 Å². The maximum atomic E-state index is 12.1. The first-order valence-corrected chi connectivity index (χ1v) is 9.71. The Hall–Kier alpha value is 0.600. The van der Waals surface area contributed by atoms with Crippen molar-refractivity contribution < 1.29 is 18.7 Å². The summed E-state index contributed by atoms with van der Waals surface area (Å²) in [4.78, 5) is 14.3. The van der Waals surface area contributed by atoms with Crippen LogP contribution in [0.15, 0.2) is 0 Å². The highest BCUT2D eigenvalue weighted by Crippen LogP contribution is 2.29. The van der Waals surface area contributed by atoms with Gasteiger partial charge in [-0.2, -0.15) is 0 Å². The molecule has 0 aromatic rings. The molecule has 1 fully saturated rings. The van der Waals surface area contributed by atoms with Crippen LogP contribution in [0.25, 0.3) is 0 Å². The van der Waals surface area contributed by atoms with E-state index in [2.05, 4.69) is 28.8 Å². The number of nitrogens with one attached hydrogen (secondary N) is 1. The Kier molecular flexibility index (Phi) is 8.30. The maximum Gasteiger partial charge on any atom is 0.247 e. The summed E-state index contributed by atoms with van der Waals surface area (Å²) in [5.74, 6) is -0.248. The van der Waals surface area contributed by atoms with Crippen LogP contribution in [0.5, 0.6) is 0 Å². The van der Waals surface area contributed by atoms with Crippen molar-refractivity contribution in [2.24, 2.45) is 5.92 Å². The molecule has 1 rings (SSSR count). The van der Waals surface area contributed by atoms with Gasteiger partial charge < -0.3 is 9.26 Å². The highest BCUT2D eigenvalue weighted by Gasteiger charge is 2.39. The van der Waals surface area contributed by atoms with Gasteiger partial charge in [0.1, 0.15) is 5.72 Å². The number of hydrogen-bond acceptors (Lipinski definition) is 5. The van der Waals surface area contributed by atoms with Crippen molar-refractivity contribution >= 4 is 32.8 Å². The number of amides is 1. The van der Waals surface area contributed by atoms with E-state index in [1.54, 1.807) is 0 Å². The summed E-state index contributed by atoms with van der Waals surface area (Å²) in [6, 6.07) is 0.226. The monoisotopic (exact) mass is 342 g/mol. The third-order valence-corrected chi connectivity index (χ3v) is 4.56. The average Bonchev–Trinajstić information content (AvgIpc) is 2.67. The lowest BCUT2D eigenvalue weighted by molar-refractivity contribution is -0.132. The number of nitrogens with zero attached hydrogens (tertiary/aromatic N) is 1. The molecule has 1 aliphatic heterocycles. The third kappa shape index (κ3) is 5.42. The van der Waals surface area contributed by atoms with Crippen molar-refractivity contribution in [2.45, 2.75) is 38.5 Å². The van der Waals surface area contributed by atoms with Crippen LogP contribution in [0.4, 0.5) is 0 Å². The van der Waals surface area contributed by atoms with Gasteiger partial charge in [-0.05, 0) is 33.7 Å². The van der Waals surface area contributed by atoms with Gasteiger partial charge in [0.05, 0.1) is 21.7 Å². The number of carbonyl (C=O) groups excluding carboxylic acids is 1. The quantitative estimate of drug-likeness (QED) is 0.537. The van der Waals surface area contributed by atoms with Gasteiger partial charge in [0.2, 0.25) is 5.91 Å².